The number of hydrogen-bond acceptors (Lipinski definition) is 1. The number of amides is 2. The average Bonchev–Trinajstić information content (AvgIpc) is 2.61. The Hall–Kier alpha value is -1.58. The highest BCUT2D eigenvalue weighted by molar-refractivity contribution is 5.89. The fraction of sp³-hybridized carbons (Fsp3) is 0.500. The summed E-state index contributed by atoms with van der Waals surface area (Å²) in [5.41, 5.74) is 0.613. The summed E-state index contributed by atoms with van der Waals surface area (Å²) >= 11 is 0. The number of halogens is 1. The topological polar surface area (TPSA) is 41.1 Å². The Bertz CT molecular complexity index is 383. The first-order valence-electron chi connectivity index (χ1n) is 6.57. The highest BCUT2D eigenvalue weighted by Gasteiger charge is 2.14. The maximum absolute atomic E-state index is 12.7. The largest absolute Gasteiger partial charge is 0.335 e. The second-order valence-corrected chi connectivity index (χ2v) is 4.79. The van der Waals surface area contributed by atoms with Crippen LogP contribution in [0.1, 0.15) is 38.5 Å². The predicted molar refractivity (Wildman–Crippen MR) is 70.0 cm³/mol. The zero-order valence-electron chi connectivity index (χ0n) is 10.4. The quantitative estimate of drug-likeness (QED) is 0.772. The molecule has 0 aliphatic heterocycles. The van der Waals surface area contributed by atoms with Gasteiger partial charge in [-0.3, -0.25) is 0 Å². The number of hydrogen-bond donors (Lipinski definition) is 2. The summed E-state index contributed by atoms with van der Waals surface area (Å²) in [6.45, 7) is 0. The van der Waals surface area contributed by atoms with Gasteiger partial charge in [0.05, 0.1) is 0 Å². The van der Waals surface area contributed by atoms with Crippen molar-refractivity contribution in [3.05, 3.63) is 30.1 Å². The monoisotopic (exact) mass is 250 g/mol. The van der Waals surface area contributed by atoms with Crippen molar-refractivity contribution in [3.8, 4) is 0 Å². The Morgan fingerprint density at radius 3 is 2.28 bits per heavy atom. The Balaban J connectivity index is 1.82. The van der Waals surface area contributed by atoms with Gasteiger partial charge in [0.2, 0.25) is 0 Å². The van der Waals surface area contributed by atoms with Crippen molar-refractivity contribution in [2.75, 3.05) is 5.32 Å². The lowest BCUT2D eigenvalue weighted by atomic mass is 10.1. The van der Waals surface area contributed by atoms with E-state index in [-0.39, 0.29) is 17.9 Å². The molecule has 2 amide bonds. The molecule has 0 heterocycles. The number of anilines is 1. The first-order chi connectivity index (χ1) is 8.74. The fourth-order valence-electron chi connectivity index (χ4n) is 2.31. The van der Waals surface area contributed by atoms with Gasteiger partial charge in [-0.1, -0.05) is 25.7 Å². The van der Waals surface area contributed by atoms with Crippen molar-refractivity contribution in [2.45, 2.75) is 44.6 Å². The van der Waals surface area contributed by atoms with Crippen molar-refractivity contribution in [2.24, 2.45) is 0 Å². The average molecular weight is 250 g/mol. The smallest absolute Gasteiger partial charge is 0.319 e. The van der Waals surface area contributed by atoms with Gasteiger partial charge in [-0.15, -0.1) is 0 Å². The molecule has 4 heteroatoms. The van der Waals surface area contributed by atoms with Crippen LogP contribution in [0.25, 0.3) is 0 Å². The maximum Gasteiger partial charge on any atom is 0.319 e. The molecule has 1 saturated carbocycles. The van der Waals surface area contributed by atoms with Gasteiger partial charge in [0, 0.05) is 11.7 Å². The fourth-order valence-corrected chi connectivity index (χ4v) is 2.31. The Morgan fingerprint density at radius 1 is 1.06 bits per heavy atom. The molecule has 3 nitrogen and oxygen atoms in total. The van der Waals surface area contributed by atoms with E-state index in [4.69, 9.17) is 0 Å². The van der Waals surface area contributed by atoms with Crippen LogP contribution in [0, 0.1) is 5.82 Å². The summed E-state index contributed by atoms with van der Waals surface area (Å²) in [6.07, 6.45) is 6.99. The van der Waals surface area contributed by atoms with E-state index in [0.29, 0.717) is 5.69 Å². The van der Waals surface area contributed by atoms with Crippen molar-refractivity contribution >= 4 is 11.7 Å². The summed E-state index contributed by atoms with van der Waals surface area (Å²) in [6, 6.07) is 5.86. The van der Waals surface area contributed by atoms with Crippen LogP contribution in [0.4, 0.5) is 14.9 Å². The molecule has 0 aromatic heterocycles. The van der Waals surface area contributed by atoms with Crippen LogP contribution >= 0.6 is 0 Å². The molecular weight excluding hydrogens is 231 g/mol. The molecule has 0 atom stereocenters. The van der Waals surface area contributed by atoms with E-state index in [1.165, 1.54) is 37.8 Å². The van der Waals surface area contributed by atoms with Crippen LogP contribution in [0.3, 0.4) is 0 Å². The molecule has 0 saturated heterocycles. The summed E-state index contributed by atoms with van der Waals surface area (Å²) in [5.74, 6) is -0.301. The number of carbonyl (C=O) groups is 1. The van der Waals surface area contributed by atoms with E-state index in [1.807, 2.05) is 0 Å². The van der Waals surface area contributed by atoms with E-state index in [2.05, 4.69) is 10.6 Å². The summed E-state index contributed by atoms with van der Waals surface area (Å²) < 4.78 is 12.7. The Kier molecular flexibility index (Phi) is 4.56. The van der Waals surface area contributed by atoms with Crippen molar-refractivity contribution < 1.29 is 9.18 Å². The lowest BCUT2D eigenvalue weighted by Gasteiger charge is -2.16. The highest BCUT2D eigenvalue weighted by Crippen LogP contribution is 2.17. The normalized spacial score (nSPS) is 16.9. The minimum absolute atomic E-state index is 0.200. The van der Waals surface area contributed by atoms with Gasteiger partial charge in [0.25, 0.3) is 0 Å². The molecule has 1 aliphatic rings. The summed E-state index contributed by atoms with van der Waals surface area (Å²) in [4.78, 5) is 11.8. The summed E-state index contributed by atoms with van der Waals surface area (Å²) in [7, 11) is 0. The molecule has 1 aliphatic carbocycles. The first-order valence-corrected chi connectivity index (χ1v) is 6.57. The molecule has 1 aromatic rings. The van der Waals surface area contributed by atoms with Gasteiger partial charge in [-0.05, 0) is 37.1 Å². The van der Waals surface area contributed by atoms with Crippen LogP contribution in [-0.2, 0) is 0 Å². The van der Waals surface area contributed by atoms with E-state index >= 15 is 0 Å². The van der Waals surface area contributed by atoms with E-state index in [1.54, 1.807) is 12.1 Å². The highest BCUT2D eigenvalue weighted by atomic mass is 19.1. The molecule has 98 valence electrons. The first kappa shape index (κ1) is 12.9. The van der Waals surface area contributed by atoms with E-state index in [9.17, 15) is 9.18 Å². The maximum atomic E-state index is 12.7. The minimum atomic E-state index is -0.301. The van der Waals surface area contributed by atoms with Crippen LogP contribution < -0.4 is 10.6 Å². The van der Waals surface area contributed by atoms with Crippen LogP contribution in [0.2, 0.25) is 0 Å². The van der Waals surface area contributed by atoms with Crippen LogP contribution in [0.15, 0.2) is 24.3 Å². The van der Waals surface area contributed by atoms with E-state index in [0.717, 1.165) is 12.8 Å². The zero-order chi connectivity index (χ0) is 12.8. The molecule has 0 bridgehead atoms. The number of carbonyl (C=O) groups excluding carboxylic acids is 1. The van der Waals surface area contributed by atoms with Crippen molar-refractivity contribution in [3.63, 3.8) is 0 Å². The van der Waals surface area contributed by atoms with Crippen LogP contribution in [0.5, 0.6) is 0 Å². The predicted octanol–water partition coefficient (Wildman–Crippen LogP) is 3.67. The van der Waals surface area contributed by atoms with Gasteiger partial charge >= 0.3 is 6.03 Å². The molecule has 2 rings (SSSR count). The third-order valence-corrected chi connectivity index (χ3v) is 3.29. The molecule has 2 N–H and O–H groups in total. The lowest BCUT2D eigenvalue weighted by Crippen LogP contribution is -2.37. The Morgan fingerprint density at radius 2 is 1.67 bits per heavy atom. The summed E-state index contributed by atoms with van der Waals surface area (Å²) in [5, 5.41) is 5.70. The molecule has 0 unspecified atom stereocenters. The second kappa shape index (κ2) is 6.38. The minimum Gasteiger partial charge on any atom is -0.335 e. The van der Waals surface area contributed by atoms with Gasteiger partial charge in [-0.2, -0.15) is 0 Å². The molecule has 0 spiro atoms. The van der Waals surface area contributed by atoms with E-state index < -0.39 is 0 Å². The third kappa shape index (κ3) is 4.02. The molecule has 0 radical (unpaired) electrons. The Labute approximate surface area is 107 Å². The number of benzene rings is 1. The van der Waals surface area contributed by atoms with Gasteiger partial charge in [-0.25, -0.2) is 9.18 Å². The van der Waals surface area contributed by atoms with Crippen LogP contribution in [-0.4, -0.2) is 12.1 Å². The third-order valence-electron chi connectivity index (χ3n) is 3.29. The standard InChI is InChI=1S/C14H19FN2O/c15-11-7-9-13(10-8-11)17-14(18)16-12-5-3-1-2-4-6-12/h7-10,12H,1-6H2,(H2,16,17,18). The SMILES string of the molecule is O=C(Nc1ccc(F)cc1)NC1CCCCCC1. The molecule has 1 fully saturated rings. The zero-order valence-corrected chi connectivity index (χ0v) is 10.4. The molecule has 18 heavy (non-hydrogen) atoms. The molecular formula is C14H19FN2O. The van der Waals surface area contributed by atoms with Gasteiger partial charge < -0.3 is 10.6 Å². The van der Waals surface area contributed by atoms with Gasteiger partial charge in [0.15, 0.2) is 0 Å². The lowest BCUT2D eigenvalue weighted by molar-refractivity contribution is 0.247. The van der Waals surface area contributed by atoms with Gasteiger partial charge in [0.1, 0.15) is 5.82 Å². The van der Waals surface area contributed by atoms with Crippen molar-refractivity contribution in [1.29, 1.82) is 0 Å². The number of rotatable bonds is 2. The van der Waals surface area contributed by atoms with Crippen molar-refractivity contribution in [1.82, 2.24) is 5.32 Å². The second-order valence-electron chi connectivity index (χ2n) is 4.79. The molecule has 1 aromatic carbocycles. The number of urea groups is 1. The number of nitrogens with one attached hydrogen (secondary N) is 2.